The lowest BCUT2D eigenvalue weighted by Gasteiger charge is -1.99. The quantitative estimate of drug-likeness (QED) is 0.774. The van der Waals surface area contributed by atoms with E-state index < -0.39 is 0 Å². The third-order valence-electron chi connectivity index (χ3n) is 2.85. The molecule has 0 aliphatic heterocycles. The minimum absolute atomic E-state index is 0.184. The first-order valence-electron chi connectivity index (χ1n) is 6.79. The highest BCUT2D eigenvalue weighted by Gasteiger charge is 2.09. The Kier molecular flexibility index (Phi) is 6.01. The number of thioether (sulfide) groups is 1. The Morgan fingerprint density at radius 2 is 2.20 bits per heavy atom. The third-order valence-corrected chi connectivity index (χ3v) is 5.14. The number of halogens is 1. The van der Waals surface area contributed by atoms with Crippen molar-refractivity contribution in [3.8, 4) is 0 Å². The van der Waals surface area contributed by atoms with Gasteiger partial charge in [-0.15, -0.1) is 23.1 Å². The van der Waals surface area contributed by atoms with Crippen LogP contribution in [0.25, 0.3) is 0 Å². The molecule has 0 radical (unpaired) electrons. The molecule has 2 rings (SSSR count). The van der Waals surface area contributed by atoms with Gasteiger partial charge in [-0.05, 0) is 31.2 Å². The second kappa shape index (κ2) is 7.76. The summed E-state index contributed by atoms with van der Waals surface area (Å²) in [5.41, 5.74) is 1.19. The molecule has 1 aromatic heterocycles. The summed E-state index contributed by atoms with van der Waals surface area (Å²) in [6, 6.07) is 6.71. The molecule has 0 unspecified atom stereocenters. The van der Waals surface area contributed by atoms with Crippen molar-refractivity contribution in [2.24, 2.45) is 0 Å². The van der Waals surface area contributed by atoms with Crippen LogP contribution in [0.15, 0.2) is 29.2 Å². The van der Waals surface area contributed by atoms with E-state index >= 15 is 0 Å². The average Bonchev–Trinajstić information content (AvgIpc) is 2.85. The van der Waals surface area contributed by atoms with Crippen LogP contribution in [0.1, 0.15) is 29.4 Å². The molecule has 20 heavy (non-hydrogen) atoms. The summed E-state index contributed by atoms with van der Waals surface area (Å²) in [7, 11) is 0. The molecule has 0 spiro atoms. The Hall–Kier alpha value is -0.910. The lowest BCUT2D eigenvalue weighted by molar-refractivity contribution is 0.624. The maximum Gasteiger partial charge on any atom is 0.124 e. The number of nitrogens with one attached hydrogen (secondary N) is 1. The van der Waals surface area contributed by atoms with Gasteiger partial charge < -0.3 is 5.32 Å². The van der Waals surface area contributed by atoms with Crippen molar-refractivity contribution in [1.29, 1.82) is 0 Å². The second-order valence-corrected chi connectivity index (χ2v) is 6.57. The van der Waals surface area contributed by atoms with E-state index in [0.717, 1.165) is 35.2 Å². The Morgan fingerprint density at radius 1 is 1.35 bits per heavy atom. The van der Waals surface area contributed by atoms with E-state index in [0.29, 0.717) is 0 Å². The van der Waals surface area contributed by atoms with Crippen molar-refractivity contribution >= 4 is 23.1 Å². The van der Waals surface area contributed by atoms with Gasteiger partial charge in [0, 0.05) is 16.3 Å². The van der Waals surface area contributed by atoms with Crippen LogP contribution in [0.5, 0.6) is 0 Å². The first-order valence-corrected chi connectivity index (χ1v) is 8.59. The fraction of sp³-hybridized carbons (Fsp3) is 0.400. The van der Waals surface area contributed by atoms with Crippen molar-refractivity contribution in [3.05, 3.63) is 45.7 Å². The number of aromatic nitrogens is 1. The minimum Gasteiger partial charge on any atom is -0.312 e. The number of aryl methyl sites for hydroxylation is 1. The van der Waals surface area contributed by atoms with E-state index in [-0.39, 0.29) is 5.82 Å². The molecule has 5 heteroatoms. The van der Waals surface area contributed by atoms with Crippen LogP contribution in [0, 0.1) is 5.82 Å². The van der Waals surface area contributed by atoms with Gasteiger partial charge in [0.1, 0.15) is 10.8 Å². The van der Waals surface area contributed by atoms with Crippen LogP contribution >= 0.6 is 23.1 Å². The summed E-state index contributed by atoms with van der Waals surface area (Å²) in [4.78, 5) is 6.96. The van der Waals surface area contributed by atoms with Crippen LogP contribution in [0.3, 0.4) is 0 Å². The summed E-state index contributed by atoms with van der Waals surface area (Å²) in [5, 5.41) is 4.46. The lowest BCUT2D eigenvalue weighted by atomic mass is 10.3. The summed E-state index contributed by atoms with van der Waals surface area (Å²) >= 11 is 3.39. The molecule has 0 aliphatic rings. The Morgan fingerprint density at radius 3 is 2.90 bits per heavy atom. The normalized spacial score (nSPS) is 10.9. The maximum absolute atomic E-state index is 13.1. The smallest absolute Gasteiger partial charge is 0.124 e. The summed E-state index contributed by atoms with van der Waals surface area (Å²) in [6.45, 7) is 6.10. The Balaban J connectivity index is 2.00. The molecular formula is C15H19FN2S2. The zero-order valence-corrected chi connectivity index (χ0v) is 13.4. The third kappa shape index (κ3) is 4.30. The molecule has 0 saturated heterocycles. The molecule has 1 aromatic carbocycles. The Labute approximate surface area is 127 Å². The zero-order chi connectivity index (χ0) is 14.4. The molecule has 2 nitrogen and oxygen atoms in total. The number of thiazole rings is 1. The van der Waals surface area contributed by atoms with Gasteiger partial charge in [0.2, 0.25) is 0 Å². The molecule has 1 heterocycles. The van der Waals surface area contributed by atoms with Crippen LogP contribution in [-0.4, -0.2) is 11.5 Å². The van der Waals surface area contributed by atoms with Crippen molar-refractivity contribution in [2.75, 3.05) is 6.54 Å². The highest BCUT2D eigenvalue weighted by atomic mass is 32.2. The number of rotatable bonds is 7. The van der Waals surface area contributed by atoms with Crippen LogP contribution in [0.4, 0.5) is 4.39 Å². The van der Waals surface area contributed by atoms with E-state index in [1.807, 2.05) is 6.07 Å². The van der Waals surface area contributed by atoms with Gasteiger partial charge in [-0.3, -0.25) is 0 Å². The fourth-order valence-electron chi connectivity index (χ4n) is 1.85. The summed E-state index contributed by atoms with van der Waals surface area (Å²) in [5.74, 6) is 0.615. The van der Waals surface area contributed by atoms with Gasteiger partial charge >= 0.3 is 0 Å². The largest absolute Gasteiger partial charge is 0.312 e. The van der Waals surface area contributed by atoms with E-state index in [4.69, 9.17) is 0 Å². The SMILES string of the molecule is CCNCc1sc(CSc2cccc(F)c2)nc1CC. The first-order chi connectivity index (χ1) is 9.72. The van der Waals surface area contributed by atoms with E-state index in [1.54, 1.807) is 35.2 Å². The highest BCUT2D eigenvalue weighted by Crippen LogP contribution is 2.27. The number of hydrogen-bond acceptors (Lipinski definition) is 4. The first kappa shape index (κ1) is 15.5. The fourth-order valence-corrected chi connectivity index (χ4v) is 3.91. The van der Waals surface area contributed by atoms with Crippen molar-refractivity contribution in [3.63, 3.8) is 0 Å². The summed E-state index contributed by atoms with van der Waals surface area (Å²) < 4.78 is 13.1. The predicted molar refractivity (Wildman–Crippen MR) is 84.8 cm³/mol. The van der Waals surface area contributed by atoms with Crippen molar-refractivity contribution in [2.45, 2.75) is 37.5 Å². The van der Waals surface area contributed by atoms with E-state index in [1.165, 1.54) is 16.6 Å². The van der Waals surface area contributed by atoms with Gasteiger partial charge in [-0.1, -0.05) is 19.9 Å². The topological polar surface area (TPSA) is 24.9 Å². The number of nitrogens with zero attached hydrogens (tertiary/aromatic N) is 1. The van der Waals surface area contributed by atoms with Gasteiger partial charge in [-0.2, -0.15) is 0 Å². The maximum atomic E-state index is 13.1. The zero-order valence-electron chi connectivity index (χ0n) is 11.8. The molecule has 2 aromatic rings. The predicted octanol–water partition coefficient (Wildman–Crippen LogP) is 4.25. The number of hydrogen-bond donors (Lipinski definition) is 1. The molecule has 0 atom stereocenters. The minimum atomic E-state index is -0.184. The van der Waals surface area contributed by atoms with Crippen LogP contribution in [0.2, 0.25) is 0 Å². The van der Waals surface area contributed by atoms with Gasteiger partial charge in [-0.25, -0.2) is 9.37 Å². The molecule has 0 saturated carbocycles. The molecule has 0 aliphatic carbocycles. The average molecular weight is 310 g/mol. The molecule has 0 amide bonds. The lowest BCUT2D eigenvalue weighted by Crippen LogP contribution is -2.11. The molecule has 1 N–H and O–H groups in total. The van der Waals surface area contributed by atoms with Gasteiger partial charge in [0.15, 0.2) is 0 Å². The van der Waals surface area contributed by atoms with E-state index in [2.05, 4.69) is 24.1 Å². The van der Waals surface area contributed by atoms with Gasteiger partial charge in [0.05, 0.1) is 11.4 Å². The standard InChI is InChI=1S/C15H19FN2S2/c1-3-13-14(9-17-4-2)20-15(18-13)10-19-12-7-5-6-11(16)8-12/h5-8,17H,3-4,9-10H2,1-2H3. The summed E-state index contributed by atoms with van der Waals surface area (Å²) in [6.07, 6.45) is 0.960. The van der Waals surface area contributed by atoms with E-state index in [9.17, 15) is 4.39 Å². The number of benzene rings is 1. The molecule has 108 valence electrons. The second-order valence-electron chi connectivity index (χ2n) is 4.36. The van der Waals surface area contributed by atoms with Crippen LogP contribution < -0.4 is 5.32 Å². The van der Waals surface area contributed by atoms with Crippen molar-refractivity contribution in [1.82, 2.24) is 10.3 Å². The molecule has 0 fully saturated rings. The highest BCUT2D eigenvalue weighted by molar-refractivity contribution is 7.98. The van der Waals surface area contributed by atoms with Crippen LogP contribution in [-0.2, 0) is 18.7 Å². The monoisotopic (exact) mass is 310 g/mol. The van der Waals surface area contributed by atoms with Crippen molar-refractivity contribution < 1.29 is 4.39 Å². The molecular weight excluding hydrogens is 291 g/mol. The van der Waals surface area contributed by atoms with Gasteiger partial charge in [0.25, 0.3) is 0 Å². The Bertz CT molecular complexity index is 555. The molecule has 0 bridgehead atoms.